The summed E-state index contributed by atoms with van der Waals surface area (Å²) in [6, 6.07) is 0. The molecule has 0 saturated heterocycles. The summed E-state index contributed by atoms with van der Waals surface area (Å²) in [6.45, 7) is 1.81. The fourth-order valence-electron chi connectivity index (χ4n) is 0.936. The summed E-state index contributed by atoms with van der Waals surface area (Å²) in [4.78, 5) is 7.67. The van der Waals surface area contributed by atoms with Crippen molar-refractivity contribution in [2.75, 3.05) is 12.0 Å². The molecule has 0 saturated carbocycles. The van der Waals surface area contributed by atoms with Crippen LogP contribution in [0.5, 0.6) is 0 Å². The van der Waals surface area contributed by atoms with E-state index in [9.17, 15) is 13.5 Å². The lowest BCUT2D eigenvalue weighted by Crippen LogP contribution is -2.15. The molecule has 1 N–H and O–H groups in total. The monoisotopic (exact) mass is 216 g/mol. The summed E-state index contributed by atoms with van der Waals surface area (Å²) in [5, 5.41) is 9.44. The third-order valence-electron chi connectivity index (χ3n) is 1.56. The molecule has 1 aromatic heterocycles. The predicted octanol–water partition coefficient (Wildman–Crippen LogP) is -0.137. The van der Waals surface area contributed by atoms with E-state index in [-0.39, 0.29) is 11.6 Å². The van der Waals surface area contributed by atoms with Crippen LogP contribution in [0.15, 0.2) is 12.4 Å². The van der Waals surface area contributed by atoms with Gasteiger partial charge in [0.05, 0.1) is 5.75 Å². The third-order valence-corrected chi connectivity index (χ3v) is 2.48. The van der Waals surface area contributed by atoms with Gasteiger partial charge in [-0.15, -0.1) is 0 Å². The molecular weight excluding hydrogens is 204 g/mol. The lowest BCUT2D eigenvalue weighted by molar-refractivity contribution is 0.191. The molecule has 1 aromatic rings. The number of aliphatic hydroxyl groups excluding tert-OH is 1. The zero-order valence-corrected chi connectivity index (χ0v) is 8.82. The Hall–Kier alpha value is -1.01. The Labute approximate surface area is 82.8 Å². The van der Waals surface area contributed by atoms with Crippen LogP contribution in [0.3, 0.4) is 0 Å². The fourth-order valence-corrected chi connectivity index (χ4v) is 1.66. The van der Waals surface area contributed by atoms with Crippen LogP contribution in [0, 0.1) is 6.92 Å². The minimum atomic E-state index is -3.21. The second-order valence-corrected chi connectivity index (χ2v) is 5.41. The summed E-state index contributed by atoms with van der Waals surface area (Å²) >= 11 is 0. The van der Waals surface area contributed by atoms with E-state index in [1.807, 2.05) is 6.92 Å². The topological polar surface area (TPSA) is 80.2 Å². The number of aromatic nitrogens is 2. The van der Waals surface area contributed by atoms with Gasteiger partial charge in [0.25, 0.3) is 0 Å². The van der Waals surface area contributed by atoms with Gasteiger partial charge in [-0.2, -0.15) is 0 Å². The first-order chi connectivity index (χ1) is 6.38. The van der Waals surface area contributed by atoms with E-state index in [0.717, 1.165) is 11.8 Å². The van der Waals surface area contributed by atoms with Crippen molar-refractivity contribution in [1.29, 1.82) is 0 Å². The van der Waals surface area contributed by atoms with Gasteiger partial charge in [0.2, 0.25) is 0 Å². The highest BCUT2D eigenvalue weighted by atomic mass is 32.2. The molecule has 78 valence electrons. The average Bonchev–Trinajstić information content (AvgIpc) is 2.02. The standard InChI is InChI=1S/C8H12N2O3S/c1-6-3-9-8(10-4-6)7(11)5-14(2,12)13/h3-4,7,11H,5H2,1-2H3/t7-/m0/s1. The first kappa shape index (κ1) is 11.1. The number of aliphatic hydroxyl groups is 1. The number of aryl methyl sites for hydroxylation is 1. The molecule has 0 aromatic carbocycles. The Morgan fingerprint density at radius 2 is 1.93 bits per heavy atom. The molecule has 0 fully saturated rings. The summed E-state index contributed by atoms with van der Waals surface area (Å²) in [5.74, 6) is -0.211. The van der Waals surface area contributed by atoms with Crippen LogP contribution < -0.4 is 0 Å². The van der Waals surface area contributed by atoms with E-state index >= 15 is 0 Å². The SMILES string of the molecule is Cc1cnc([C@@H](O)CS(C)(=O)=O)nc1. The van der Waals surface area contributed by atoms with Crippen molar-refractivity contribution >= 4 is 9.84 Å². The van der Waals surface area contributed by atoms with Crippen molar-refractivity contribution in [1.82, 2.24) is 9.97 Å². The summed E-state index contributed by atoms with van der Waals surface area (Å²) in [7, 11) is -3.21. The van der Waals surface area contributed by atoms with Crippen molar-refractivity contribution in [2.24, 2.45) is 0 Å². The molecule has 0 aliphatic rings. The van der Waals surface area contributed by atoms with Gasteiger partial charge in [0, 0.05) is 18.6 Å². The molecule has 0 spiro atoms. The average molecular weight is 216 g/mol. The maximum atomic E-state index is 10.9. The van der Waals surface area contributed by atoms with Crippen LogP contribution in [-0.2, 0) is 9.84 Å². The molecular formula is C8H12N2O3S. The number of hydrogen-bond donors (Lipinski definition) is 1. The lowest BCUT2D eigenvalue weighted by Gasteiger charge is -2.07. The molecule has 1 heterocycles. The van der Waals surface area contributed by atoms with Crippen molar-refractivity contribution in [3.05, 3.63) is 23.8 Å². The largest absolute Gasteiger partial charge is 0.384 e. The quantitative estimate of drug-likeness (QED) is 0.760. The zero-order valence-electron chi connectivity index (χ0n) is 8.01. The number of hydrogen-bond acceptors (Lipinski definition) is 5. The van der Waals surface area contributed by atoms with Crippen LogP contribution in [0.25, 0.3) is 0 Å². The molecule has 0 aliphatic carbocycles. The third kappa shape index (κ3) is 3.39. The van der Waals surface area contributed by atoms with Crippen LogP contribution in [-0.4, -0.2) is 35.5 Å². The van der Waals surface area contributed by atoms with Gasteiger partial charge < -0.3 is 5.11 Å². The van der Waals surface area contributed by atoms with E-state index in [2.05, 4.69) is 9.97 Å². The van der Waals surface area contributed by atoms with Crippen LogP contribution in [0.4, 0.5) is 0 Å². The summed E-state index contributed by atoms with van der Waals surface area (Å²) in [6.07, 6.45) is 2.98. The Morgan fingerprint density at radius 1 is 1.43 bits per heavy atom. The fraction of sp³-hybridized carbons (Fsp3) is 0.500. The minimum absolute atomic E-state index is 0.140. The van der Waals surface area contributed by atoms with Gasteiger partial charge >= 0.3 is 0 Å². The highest BCUT2D eigenvalue weighted by Gasteiger charge is 2.16. The summed E-state index contributed by atoms with van der Waals surface area (Å²) < 4.78 is 21.7. The first-order valence-electron chi connectivity index (χ1n) is 4.03. The van der Waals surface area contributed by atoms with Gasteiger partial charge in [0.15, 0.2) is 5.82 Å². The van der Waals surface area contributed by atoms with Crippen molar-refractivity contribution in [2.45, 2.75) is 13.0 Å². The van der Waals surface area contributed by atoms with E-state index in [1.54, 1.807) is 0 Å². The van der Waals surface area contributed by atoms with Crippen molar-refractivity contribution in [3.8, 4) is 0 Å². The molecule has 1 rings (SSSR count). The lowest BCUT2D eigenvalue weighted by atomic mass is 10.3. The minimum Gasteiger partial charge on any atom is -0.384 e. The molecule has 0 radical (unpaired) electrons. The molecule has 0 unspecified atom stereocenters. The van der Waals surface area contributed by atoms with Crippen molar-refractivity contribution < 1.29 is 13.5 Å². The maximum absolute atomic E-state index is 10.9. The summed E-state index contributed by atoms with van der Waals surface area (Å²) in [5.41, 5.74) is 0.861. The van der Waals surface area contributed by atoms with Crippen LogP contribution in [0.1, 0.15) is 17.5 Å². The van der Waals surface area contributed by atoms with Crippen molar-refractivity contribution in [3.63, 3.8) is 0 Å². The number of nitrogens with zero attached hydrogens (tertiary/aromatic N) is 2. The highest BCUT2D eigenvalue weighted by molar-refractivity contribution is 7.90. The Balaban J connectivity index is 2.80. The van der Waals surface area contributed by atoms with E-state index < -0.39 is 15.9 Å². The molecule has 6 heteroatoms. The molecule has 0 bridgehead atoms. The number of sulfone groups is 1. The Bertz CT molecular complexity index is 399. The van der Waals surface area contributed by atoms with Crippen LogP contribution in [0.2, 0.25) is 0 Å². The van der Waals surface area contributed by atoms with E-state index in [4.69, 9.17) is 0 Å². The highest BCUT2D eigenvalue weighted by Crippen LogP contribution is 2.09. The predicted molar refractivity (Wildman–Crippen MR) is 51.4 cm³/mol. The normalized spacial score (nSPS) is 13.9. The smallest absolute Gasteiger partial charge is 0.157 e. The molecule has 0 aliphatic heterocycles. The van der Waals surface area contributed by atoms with E-state index in [0.29, 0.717) is 0 Å². The molecule has 14 heavy (non-hydrogen) atoms. The maximum Gasteiger partial charge on any atom is 0.157 e. The van der Waals surface area contributed by atoms with E-state index in [1.165, 1.54) is 12.4 Å². The Kier molecular flexibility index (Phi) is 3.17. The number of rotatable bonds is 3. The van der Waals surface area contributed by atoms with Gasteiger partial charge in [0.1, 0.15) is 15.9 Å². The molecule has 5 nitrogen and oxygen atoms in total. The zero-order chi connectivity index (χ0) is 10.8. The molecule has 1 atom stereocenters. The van der Waals surface area contributed by atoms with Gasteiger partial charge in [-0.1, -0.05) is 0 Å². The van der Waals surface area contributed by atoms with Gasteiger partial charge in [-0.3, -0.25) is 0 Å². The second kappa shape index (κ2) is 4.02. The van der Waals surface area contributed by atoms with Crippen LogP contribution >= 0.6 is 0 Å². The second-order valence-electron chi connectivity index (χ2n) is 3.23. The molecule has 0 amide bonds. The first-order valence-corrected chi connectivity index (χ1v) is 6.09. The van der Waals surface area contributed by atoms with Gasteiger partial charge in [-0.25, -0.2) is 18.4 Å². The van der Waals surface area contributed by atoms with Gasteiger partial charge in [-0.05, 0) is 12.5 Å². The Morgan fingerprint density at radius 3 is 2.36 bits per heavy atom.